The Morgan fingerprint density at radius 3 is 2.79 bits per heavy atom. The molecule has 1 saturated carbocycles. The van der Waals surface area contributed by atoms with Gasteiger partial charge in [0.1, 0.15) is 0 Å². The number of hydrogen-bond acceptors (Lipinski definition) is 6. The molecule has 6 nitrogen and oxygen atoms in total. The molecule has 2 aliphatic carbocycles. The second-order valence-electron chi connectivity index (χ2n) is 12.0. The molecule has 202 valence electrons. The molecule has 2 bridgehead atoms. The maximum Gasteiger partial charge on any atom is 0.177 e. The molecule has 0 aromatic heterocycles. The standard InChI is InChI=1S/C32H39NO5/c1-30-27(34)14-15-32(37-19-6-10-22-8-4-3-5-9-22)26-20-23-12-13-25(35-2)29(38-30)28(23)31(30,32)16-17-33(26)21-24-11-7-18-36-24/h3-5,8-9,12-13,24,26H,6-7,10-11,14-21H2,1-2H3/t24?,26?,30?,31-,32+/m0/s1. The van der Waals surface area contributed by atoms with Gasteiger partial charge in [-0.25, -0.2) is 0 Å². The SMILES string of the molecule is COc1ccc2c3c1OC1(C)C(=O)CC[C@@]4(OCCCc5ccccc5)C(C2)N(CC2CCCO2)CC[C@]314. The number of carbonyl (C=O) groups is 1. The highest BCUT2D eigenvalue weighted by Crippen LogP contribution is 2.69. The number of piperidine rings is 1. The number of methoxy groups -OCH3 is 1. The summed E-state index contributed by atoms with van der Waals surface area (Å²) in [4.78, 5) is 16.4. The van der Waals surface area contributed by atoms with Crippen LogP contribution in [0, 0.1) is 0 Å². The van der Waals surface area contributed by atoms with E-state index in [1.165, 1.54) is 16.7 Å². The second-order valence-corrected chi connectivity index (χ2v) is 12.0. The van der Waals surface area contributed by atoms with E-state index in [9.17, 15) is 4.79 Å². The Hall–Kier alpha value is -2.41. The summed E-state index contributed by atoms with van der Waals surface area (Å²) in [6, 6.07) is 15.0. The topological polar surface area (TPSA) is 57.2 Å². The number of hydrogen-bond donors (Lipinski definition) is 0. The third-order valence-corrected chi connectivity index (χ3v) is 10.4. The van der Waals surface area contributed by atoms with Gasteiger partial charge >= 0.3 is 0 Å². The van der Waals surface area contributed by atoms with Gasteiger partial charge in [-0.05, 0) is 75.6 Å². The van der Waals surface area contributed by atoms with Crippen molar-refractivity contribution in [1.82, 2.24) is 4.90 Å². The van der Waals surface area contributed by atoms with Crippen molar-refractivity contribution in [3.05, 3.63) is 59.2 Å². The minimum Gasteiger partial charge on any atom is -0.493 e. The van der Waals surface area contributed by atoms with Crippen LogP contribution in [0.5, 0.6) is 11.5 Å². The normalized spacial score (nSPS) is 35.2. The van der Waals surface area contributed by atoms with Crippen LogP contribution in [0.1, 0.15) is 62.1 Å². The number of ketones is 1. The fourth-order valence-electron chi connectivity index (χ4n) is 8.72. The van der Waals surface area contributed by atoms with Crippen LogP contribution in [0.2, 0.25) is 0 Å². The highest BCUT2D eigenvalue weighted by atomic mass is 16.5. The van der Waals surface area contributed by atoms with E-state index in [1.807, 2.05) is 13.0 Å². The van der Waals surface area contributed by atoms with Gasteiger partial charge in [0.15, 0.2) is 22.9 Å². The molecule has 3 fully saturated rings. The average Bonchev–Trinajstić information content (AvgIpc) is 3.54. The Morgan fingerprint density at radius 1 is 1.13 bits per heavy atom. The fourth-order valence-corrected chi connectivity index (χ4v) is 8.72. The predicted molar refractivity (Wildman–Crippen MR) is 144 cm³/mol. The molecule has 38 heavy (non-hydrogen) atoms. The monoisotopic (exact) mass is 517 g/mol. The van der Waals surface area contributed by atoms with Crippen LogP contribution in [-0.4, -0.2) is 67.4 Å². The van der Waals surface area contributed by atoms with E-state index in [4.69, 9.17) is 18.9 Å². The Balaban J connectivity index is 1.31. The van der Waals surface area contributed by atoms with Gasteiger partial charge in [-0.2, -0.15) is 0 Å². The number of aryl methyl sites for hydroxylation is 1. The minimum atomic E-state index is -0.953. The highest BCUT2D eigenvalue weighted by molar-refractivity contribution is 5.94. The van der Waals surface area contributed by atoms with Crippen molar-refractivity contribution < 1.29 is 23.7 Å². The largest absolute Gasteiger partial charge is 0.493 e. The van der Waals surface area contributed by atoms with Crippen LogP contribution in [-0.2, 0) is 32.5 Å². The van der Waals surface area contributed by atoms with Crippen molar-refractivity contribution in [3.8, 4) is 11.5 Å². The molecule has 3 heterocycles. The van der Waals surface area contributed by atoms with E-state index in [0.29, 0.717) is 13.0 Å². The second kappa shape index (κ2) is 9.07. The van der Waals surface area contributed by atoms with Crippen molar-refractivity contribution in [1.29, 1.82) is 0 Å². The third-order valence-electron chi connectivity index (χ3n) is 10.4. The van der Waals surface area contributed by atoms with Gasteiger partial charge in [0.05, 0.1) is 24.2 Å². The van der Waals surface area contributed by atoms with Crippen LogP contribution in [0.15, 0.2) is 42.5 Å². The predicted octanol–water partition coefficient (Wildman–Crippen LogP) is 4.64. The first kappa shape index (κ1) is 24.6. The summed E-state index contributed by atoms with van der Waals surface area (Å²) < 4.78 is 25.9. The lowest BCUT2D eigenvalue weighted by Gasteiger charge is -2.67. The first-order valence-corrected chi connectivity index (χ1v) is 14.5. The minimum absolute atomic E-state index is 0.181. The number of carbonyl (C=O) groups excluding carboxylic acids is 1. The van der Waals surface area contributed by atoms with E-state index in [1.54, 1.807) is 7.11 Å². The molecule has 3 unspecified atom stereocenters. The smallest absolute Gasteiger partial charge is 0.177 e. The quantitative estimate of drug-likeness (QED) is 0.476. The summed E-state index contributed by atoms with van der Waals surface area (Å²) in [5, 5.41) is 0. The van der Waals surface area contributed by atoms with Crippen molar-refractivity contribution in [2.24, 2.45) is 0 Å². The Bertz CT molecular complexity index is 1230. The van der Waals surface area contributed by atoms with Gasteiger partial charge in [0.25, 0.3) is 0 Å². The van der Waals surface area contributed by atoms with Crippen LogP contribution in [0.4, 0.5) is 0 Å². The zero-order valence-corrected chi connectivity index (χ0v) is 22.7. The van der Waals surface area contributed by atoms with Gasteiger partial charge < -0.3 is 18.9 Å². The molecule has 5 aliphatic rings. The van der Waals surface area contributed by atoms with E-state index >= 15 is 0 Å². The van der Waals surface area contributed by atoms with Gasteiger partial charge in [-0.1, -0.05) is 36.4 Å². The molecule has 7 rings (SSSR count). The number of ether oxygens (including phenoxy) is 4. The molecular formula is C32H39NO5. The molecule has 0 N–H and O–H groups in total. The van der Waals surface area contributed by atoms with Crippen molar-refractivity contribution in [3.63, 3.8) is 0 Å². The average molecular weight is 518 g/mol. The van der Waals surface area contributed by atoms with E-state index < -0.39 is 16.6 Å². The lowest BCUT2D eigenvalue weighted by molar-refractivity contribution is -0.233. The first-order chi connectivity index (χ1) is 18.5. The number of rotatable bonds is 8. The maximum atomic E-state index is 13.8. The summed E-state index contributed by atoms with van der Waals surface area (Å²) in [5.74, 6) is 1.68. The number of nitrogens with zero attached hydrogens (tertiary/aromatic N) is 1. The Labute approximate surface area is 225 Å². The zero-order valence-electron chi connectivity index (χ0n) is 22.7. The third kappa shape index (κ3) is 3.26. The van der Waals surface area contributed by atoms with Crippen molar-refractivity contribution >= 4 is 5.78 Å². The van der Waals surface area contributed by atoms with Crippen LogP contribution in [0.3, 0.4) is 0 Å². The molecular weight excluding hydrogens is 478 g/mol. The first-order valence-electron chi connectivity index (χ1n) is 14.5. The number of benzene rings is 2. The van der Waals surface area contributed by atoms with E-state index in [-0.39, 0.29) is 17.9 Å². The fraction of sp³-hybridized carbons (Fsp3) is 0.594. The maximum absolute atomic E-state index is 13.8. The van der Waals surface area contributed by atoms with Crippen molar-refractivity contribution in [2.75, 3.05) is 33.4 Å². The summed E-state index contributed by atoms with van der Waals surface area (Å²) >= 11 is 0. The van der Waals surface area contributed by atoms with E-state index in [2.05, 4.69) is 41.3 Å². The van der Waals surface area contributed by atoms with Gasteiger partial charge in [0.2, 0.25) is 0 Å². The van der Waals surface area contributed by atoms with Crippen molar-refractivity contribution in [2.45, 2.75) is 87.1 Å². The molecule has 3 aliphatic heterocycles. The molecule has 1 spiro atoms. The highest BCUT2D eigenvalue weighted by Gasteiger charge is 2.78. The van der Waals surface area contributed by atoms with E-state index in [0.717, 1.165) is 76.1 Å². The zero-order chi connectivity index (χ0) is 26.0. The number of Topliss-reactive ketones (excluding diaryl/α,β-unsaturated/α-hetero) is 1. The number of likely N-dealkylation sites (tertiary alicyclic amines) is 1. The molecule has 2 aromatic rings. The van der Waals surface area contributed by atoms with Gasteiger partial charge in [0, 0.05) is 37.8 Å². The molecule has 0 radical (unpaired) electrons. The van der Waals surface area contributed by atoms with Crippen LogP contribution >= 0.6 is 0 Å². The lowest BCUT2D eigenvalue weighted by Crippen LogP contribution is -2.81. The molecule has 2 aromatic carbocycles. The summed E-state index contributed by atoms with van der Waals surface area (Å²) in [5.41, 5.74) is 1.84. The van der Waals surface area contributed by atoms with Crippen LogP contribution < -0.4 is 9.47 Å². The lowest BCUT2D eigenvalue weighted by atomic mass is 9.45. The Kier molecular flexibility index (Phi) is 5.88. The Morgan fingerprint density at radius 2 is 2.00 bits per heavy atom. The molecule has 6 heteroatoms. The molecule has 5 atom stereocenters. The summed E-state index contributed by atoms with van der Waals surface area (Å²) in [6.45, 7) is 5.42. The van der Waals surface area contributed by atoms with Crippen LogP contribution in [0.25, 0.3) is 0 Å². The summed E-state index contributed by atoms with van der Waals surface area (Å²) in [6.07, 6.45) is 7.42. The van der Waals surface area contributed by atoms with Gasteiger partial charge in [-0.15, -0.1) is 0 Å². The molecule has 2 saturated heterocycles. The molecule has 0 amide bonds. The van der Waals surface area contributed by atoms with Gasteiger partial charge in [-0.3, -0.25) is 9.69 Å². The summed E-state index contributed by atoms with van der Waals surface area (Å²) in [7, 11) is 1.69.